The average Bonchev–Trinajstić information content (AvgIpc) is 2.58. The number of aryl methyl sites for hydroxylation is 3. The average molecular weight is 209 g/mol. The first-order chi connectivity index (χ1) is 6.16. The summed E-state index contributed by atoms with van der Waals surface area (Å²) in [6.45, 7) is 6.34. The number of thiazole rings is 1. The molecule has 0 saturated heterocycles. The van der Waals surface area contributed by atoms with Crippen LogP contribution in [0.4, 0.5) is 0 Å². The molecule has 0 aliphatic heterocycles. The summed E-state index contributed by atoms with van der Waals surface area (Å²) in [5.41, 5.74) is 2.43. The van der Waals surface area contributed by atoms with Crippen LogP contribution in [-0.2, 0) is 0 Å². The Balaban J connectivity index is 2.51. The smallest absolute Gasteiger partial charge is 0.0901 e. The summed E-state index contributed by atoms with van der Waals surface area (Å²) in [5.74, 6) is 0. The summed E-state index contributed by atoms with van der Waals surface area (Å²) >= 11 is 3.55. The van der Waals surface area contributed by atoms with E-state index < -0.39 is 0 Å². The van der Waals surface area contributed by atoms with Gasteiger partial charge in [0.05, 0.1) is 10.7 Å². The van der Waals surface area contributed by atoms with Gasteiger partial charge in [-0.2, -0.15) is 0 Å². The normalized spacial score (nSPS) is 10.7. The van der Waals surface area contributed by atoms with Gasteiger partial charge in [-0.25, -0.2) is 4.98 Å². The molecule has 0 radical (unpaired) electrons. The molecule has 2 heterocycles. The molecule has 0 atom stereocenters. The van der Waals surface area contributed by atoms with Crippen molar-refractivity contribution in [3.8, 4) is 11.3 Å². The van der Waals surface area contributed by atoms with Crippen molar-refractivity contribution in [3.63, 3.8) is 0 Å². The first kappa shape index (κ1) is 8.91. The maximum absolute atomic E-state index is 4.48. The Labute approximate surface area is 86.1 Å². The van der Waals surface area contributed by atoms with Gasteiger partial charge in [0.15, 0.2) is 0 Å². The summed E-state index contributed by atoms with van der Waals surface area (Å²) in [6.07, 6.45) is 0. The Bertz CT molecular complexity index is 426. The molecule has 0 bridgehead atoms. The van der Waals surface area contributed by atoms with Crippen LogP contribution in [0.2, 0.25) is 0 Å². The Hall–Kier alpha value is -0.670. The fourth-order valence-corrected chi connectivity index (χ4v) is 2.92. The summed E-state index contributed by atoms with van der Waals surface area (Å²) < 4.78 is 0. The second-order valence-corrected chi connectivity index (χ2v) is 5.60. The predicted molar refractivity (Wildman–Crippen MR) is 59.6 cm³/mol. The van der Waals surface area contributed by atoms with Gasteiger partial charge < -0.3 is 0 Å². The van der Waals surface area contributed by atoms with E-state index in [9.17, 15) is 0 Å². The maximum atomic E-state index is 4.48. The van der Waals surface area contributed by atoms with Crippen molar-refractivity contribution in [2.24, 2.45) is 0 Å². The van der Waals surface area contributed by atoms with Crippen molar-refractivity contribution in [2.45, 2.75) is 20.8 Å². The van der Waals surface area contributed by atoms with Gasteiger partial charge in [-0.15, -0.1) is 22.7 Å². The monoisotopic (exact) mass is 209 g/mol. The first-order valence-electron chi connectivity index (χ1n) is 4.16. The molecule has 0 unspecified atom stereocenters. The number of thiophene rings is 1. The van der Waals surface area contributed by atoms with E-state index in [1.807, 2.05) is 18.3 Å². The summed E-state index contributed by atoms with van der Waals surface area (Å²) in [6, 6.07) is 2.22. The molecule has 0 aliphatic rings. The third kappa shape index (κ3) is 1.67. The van der Waals surface area contributed by atoms with E-state index in [0.29, 0.717) is 0 Å². The topological polar surface area (TPSA) is 12.9 Å². The molecule has 1 nitrogen and oxygen atoms in total. The zero-order valence-corrected chi connectivity index (χ0v) is 9.55. The molecule has 0 saturated carbocycles. The highest BCUT2D eigenvalue weighted by molar-refractivity contribution is 7.12. The van der Waals surface area contributed by atoms with Crippen molar-refractivity contribution in [3.05, 3.63) is 26.2 Å². The second kappa shape index (κ2) is 3.24. The molecule has 0 aliphatic carbocycles. The second-order valence-electron chi connectivity index (χ2n) is 3.08. The van der Waals surface area contributed by atoms with Crippen molar-refractivity contribution in [1.82, 2.24) is 4.98 Å². The van der Waals surface area contributed by atoms with E-state index in [1.165, 1.54) is 15.3 Å². The van der Waals surface area contributed by atoms with E-state index in [1.54, 1.807) is 11.3 Å². The molecular weight excluding hydrogens is 198 g/mol. The Morgan fingerprint density at radius 3 is 2.46 bits per heavy atom. The lowest BCUT2D eigenvalue weighted by Crippen LogP contribution is -1.76. The highest BCUT2D eigenvalue weighted by Gasteiger charge is 2.07. The minimum atomic E-state index is 1.13. The fraction of sp³-hybridized carbons (Fsp3) is 0.300. The van der Waals surface area contributed by atoms with Crippen LogP contribution in [0.25, 0.3) is 11.3 Å². The summed E-state index contributed by atoms with van der Waals surface area (Å²) in [7, 11) is 0. The van der Waals surface area contributed by atoms with Gasteiger partial charge in [-0.05, 0) is 26.8 Å². The standard InChI is InChI=1S/C10H11NS2/c1-6-4-9(7(2)13-6)10-5-12-8(3)11-10/h4-5H,1-3H3. The molecule has 2 aromatic heterocycles. The zero-order chi connectivity index (χ0) is 9.42. The van der Waals surface area contributed by atoms with Crippen molar-refractivity contribution < 1.29 is 0 Å². The van der Waals surface area contributed by atoms with E-state index in [0.717, 1.165) is 10.7 Å². The molecule has 68 valence electrons. The lowest BCUT2D eigenvalue weighted by atomic mass is 10.2. The zero-order valence-electron chi connectivity index (χ0n) is 7.92. The van der Waals surface area contributed by atoms with E-state index in [4.69, 9.17) is 0 Å². The molecule has 2 rings (SSSR count). The largest absolute Gasteiger partial charge is 0.242 e. The third-order valence-corrected chi connectivity index (χ3v) is 3.68. The van der Waals surface area contributed by atoms with Crippen molar-refractivity contribution in [1.29, 1.82) is 0 Å². The molecule has 0 fully saturated rings. The molecule has 0 N–H and O–H groups in total. The number of rotatable bonds is 1. The maximum Gasteiger partial charge on any atom is 0.0901 e. The highest BCUT2D eigenvalue weighted by atomic mass is 32.1. The number of hydrogen-bond donors (Lipinski definition) is 0. The van der Waals surface area contributed by atoms with Crippen LogP contribution in [0.3, 0.4) is 0 Å². The van der Waals surface area contributed by atoms with Gasteiger partial charge >= 0.3 is 0 Å². The summed E-state index contributed by atoms with van der Waals surface area (Å²) in [5, 5.41) is 3.27. The highest BCUT2D eigenvalue weighted by Crippen LogP contribution is 2.30. The third-order valence-electron chi connectivity index (χ3n) is 1.94. The van der Waals surface area contributed by atoms with Gasteiger partial charge in [-0.1, -0.05) is 0 Å². The van der Waals surface area contributed by atoms with Crippen LogP contribution in [0.5, 0.6) is 0 Å². The number of nitrogens with zero attached hydrogens (tertiary/aromatic N) is 1. The molecule has 3 heteroatoms. The van der Waals surface area contributed by atoms with Crippen LogP contribution < -0.4 is 0 Å². The van der Waals surface area contributed by atoms with Gasteiger partial charge in [0.1, 0.15) is 0 Å². The van der Waals surface area contributed by atoms with Gasteiger partial charge in [-0.3, -0.25) is 0 Å². The Kier molecular flexibility index (Phi) is 2.22. The molecule has 13 heavy (non-hydrogen) atoms. The lowest BCUT2D eigenvalue weighted by molar-refractivity contribution is 1.29. The number of hydrogen-bond acceptors (Lipinski definition) is 3. The van der Waals surface area contributed by atoms with E-state index in [-0.39, 0.29) is 0 Å². The van der Waals surface area contributed by atoms with Crippen molar-refractivity contribution in [2.75, 3.05) is 0 Å². The lowest BCUT2D eigenvalue weighted by Gasteiger charge is -1.91. The van der Waals surface area contributed by atoms with Crippen LogP contribution >= 0.6 is 22.7 Å². The van der Waals surface area contributed by atoms with Gasteiger partial charge in [0.25, 0.3) is 0 Å². The van der Waals surface area contributed by atoms with E-state index in [2.05, 4.69) is 30.3 Å². The van der Waals surface area contributed by atoms with E-state index >= 15 is 0 Å². The minimum absolute atomic E-state index is 1.13. The Morgan fingerprint density at radius 2 is 2.00 bits per heavy atom. The van der Waals surface area contributed by atoms with Crippen LogP contribution in [-0.4, -0.2) is 4.98 Å². The van der Waals surface area contributed by atoms with Crippen LogP contribution in [0.15, 0.2) is 11.4 Å². The summed E-state index contributed by atoms with van der Waals surface area (Å²) in [4.78, 5) is 7.20. The molecule has 0 aromatic carbocycles. The fourth-order valence-electron chi connectivity index (χ4n) is 1.37. The van der Waals surface area contributed by atoms with Gasteiger partial charge in [0.2, 0.25) is 0 Å². The minimum Gasteiger partial charge on any atom is -0.242 e. The quantitative estimate of drug-likeness (QED) is 0.696. The molecular formula is C10H11NS2. The van der Waals surface area contributed by atoms with Crippen LogP contribution in [0, 0.1) is 20.8 Å². The molecule has 0 spiro atoms. The first-order valence-corrected chi connectivity index (χ1v) is 5.86. The molecule has 2 aromatic rings. The van der Waals surface area contributed by atoms with Crippen LogP contribution in [0.1, 0.15) is 14.8 Å². The van der Waals surface area contributed by atoms with Gasteiger partial charge in [0, 0.05) is 20.7 Å². The molecule has 0 amide bonds. The SMILES string of the molecule is Cc1cc(-c2csc(C)n2)c(C)s1. The Morgan fingerprint density at radius 1 is 1.23 bits per heavy atom. The number of aromatic nitrogens is 1. The predicted octanol–water partition coefficient (Wildman–Crippen LogP) is 3.80. The van der Waals surface area contributed by atoms with Crippen molar-refractivity contribution >= 4 is 22.7 Å².